The first-order chi connectivity index (χ1) is 15.4. The fraction of sp³-hybridized carbons (Fsp3) is 0.370. The van der Waals surface area contributed by atoms with Gasteiger partial charge in [-0.05, 0) is 67.5 Å². The summed E-state index contributed by atoms with van der Waals surface area (Å²) in [6.07, 6.45) is 0. The highest BCUT2D eigenvalue weighted by atomic mass is 32.1. The largest absolute Gasteiger partial charge is 0.489 e. The van der Waals surface area contributed by atoms with Crippen molar-refractivity contribution in [3.05, 3.63) is 86.1 Å². The van der Waals surface area contributed by atoms with Gasteiger partial charge >= 0.3 is 0 Å². The minimum absolute atomic E-state index is 0.138. The highest BCUT2D eigenvalue weighted by Gasteiger charge is 2.23. The van der Waals surface area contributed by atoms with Crippen LogP contribution in [0.3, 0.4) is 0 Å². The summed E-state index contributed by atoms with van der Waals surface area (Å²) in [7, 11) is 0. The zero-order valence-corrected chi connectivity index (χ0v) is 20.3. The molecule has 2 aromatic carbocycles. The zero-order chi connectivity index (χ0) is 22.7. The summed E-state index contributed by atoms with van der Waals surface area (Å²) in [6.45, 7) is 13.2. The van der Waals surface area contributed by atoms with Crippen LogP contribution in [0.5, 0.6) is 5.75 Å². The average Bonchev–Trinajstić information content (AvgIpc) is 3.26. The van der Waals surface area contributed by atoms with Crippen molar-refractivity contribution >= 4 is 17.2 Å². The Morgan fingerprint density at radius 3 is 2.34 bits per heavy atom. The van der Waals surface area contributed by atoms with Crippen LogP contribution in [0.4, 0.5) is 0 Å². The van der Waals surface area contributed by atoms with Crippen LogP contribution in [0.25, 0.3) is 0 Å². The Kier molecular flexibility index (Phi) is 6.97. The molecule has 1 amide bonds. The number of carbonyl (C=O) groups is 1. The highest BCUT2D eigenvalue weighted by Crippen LogP contribution is 2.25. The van der Waals surface area contributed by atoms with Crippen LogP contribution >= 0.6 is 11.3 Å². The number of amides is 1. The van der Waals surface area contributed by atoms with E-state index in [9.17, 15) is 4.79 Å². The van der Waals surface area contributed by atoms with Crippen molar-refractivity contribution in [1.29, 1.82) is 0 Å². The van der Waals surface area contributed by atoms with Crippen LogP contribution in [0.2, 0.25) is 0 Å². The van der Waals surface area contributed by atoms with E-state index in [1.54, 1.807) is 0 Å². The van der Waals surface area contributed by atoms with Gasteiger partial charge in [-0.1, -0.05) is 35.9 Å². The fourth-order valence-electron chi connectivity index (χ4n) is 4.09. The van der Waals surface area contributed by atoms with Gasteiger partial charge in [-0.2, -0.15) is 0 Å². The second-order valence-corrected chi connectivity index (χ2v) is 9.78. The molecule has 4 nitrogen and oxygen atoms in total. The van der Waals surface area contributed by atoms with E-state index in [0.717, 1.165) is 48.9 Å². The van der Waals surface area contributed by atoms with Gasteiger partial charge in [0, 0.05) is 38.3 Å². The third kappa shape index (κ3) is 5.40. The first-order valence-electron chi connectivity index (χ1n) is 11.2. The number of carbonyl (C=O) groups excluding carboxylic acids is 1. The molecule has 168 valence electrons. The molecule has 32 heavy (non-hydrogen) atoms. The van der Waals surface area contributed by atoms with Crippen LogP contribution in [-0.2, 0) is 13.2 Å². The van der Waals surface area contributed by atoms with Gasteiger partial charge in [0.1, 0.15) is 12.4 Å². The lowest BCUT2D eigenvalue weighted by Crippen LogP contribution is -2.48. The van der Waals surface area contributed by atoms with Crippen LogP contribution in [0, 0.1) is 27.7 Å². The number of thiophene rings is 1. The highest BCUT2D eigenvalue weighted by molar-refractivity contribution is 7.12. The number of aryl methyl sites for hydroxylation is 3. The lowest BCUT2D eigenvalue weighted by Gasteiger charge is -2.34. The van der Waals surface area contributed by atoms with E-state index >= 15 is 0 Å². The molecule has 3 aromatic rings. The first kappa shape index (κ1) is 22.6. The predicted octanol–water partition coefficient (Wildman–Crippen LogP) is 5.52. The molecule has 4 rings (SSSR count). The van der Waals surface area contributed by atoms with Gasteiger partial charge < -0.3 is 9.64 Å². The summed E-state index contributed by atoms with van der Waals surface area (Å²) in [6, 6.07) is 15.0. The minimum atomic E-state index is 0.138. The van der Waals surface area contributed by atoms with Crippen molar-refractivity contribution < 1.29 is 9.53 Å². The quantitative estimate of drug-likeness (QED) is 0.498. The van der Waals surface area contributed by atoms with Crippen molar-refractivity contribution in [2.24, 2.45) is 0 Å². The lowest BCUT2D eigenvalue weighted by molar-refractivity contribution is 0.0633. The van der Waals surface area contributed by atoms with E-state index in [0.29, 0.717) is 6.61 Å². The van der Waals surface area contributed by atoms with Crippen molar-refractivity contribution in [3.63, 3.8) is 0 Å². The molecule has 2 heterocycles. The molecule has 0 bridgehead atoms. The second kappa shape index (κ2) is 9.88. The van der Waals surface area contributed by atoms with Crippen molar-refractivity contribution in [3.8, 4) is 5.75 Å². The SMILES string of the molecule is Cc1ccc(CN2CCN(C(=O)c3cc(COc4cc(C)cc(C)c4C)cs3)CC2)cc1. The maximum atomic E-state index is 13.0. The van der Waals surface area contributed by atoms with Gasteiger partial charge in [0.05, 0.1) is 4.88 Å². The molecular weight excluding hydrogens is 416 g/mol. The zero-order valence-electron chi connectivity index (χ0n) is 19.5. The second-order valence-electron chi connectivity index (χ2n) is 8.87. The maximum Gasteiger partial charge on any atom is 0.264 e. The molecule has 1 saturated heterocycles. The molecule has 0 atom stereocenters. The van der Waals surface area contributed by atoms with Gasteiger partial charge in [0.15, 0.2) is 0 Å². The number of hydrogen-bond donors (Lipinski definition) is 0. The molecule has 1 aliphatic rings. The van der Waals surface area contributed by atoms with E-state index in [4.69, 9.17) is 4.74 Å². The van der Waals surface area contributed by atoms with Crippen LogP contribution < -0.4 is 4.74 Å². The molecule has 0 N–H and O–H groups in total. The van der Waals surface area contributed by atoms with Crippen LogP contribution in [0.15, 0.2) is 47.8 Å². The summed E-state index contributed by atoms with van der Waals surface area (Å²) < 4.78 is 6.08. The molecular formula is C27H32N2O2S. The molecule has 0 spiro atoms. The third-order valence-electron chi connectivity index (χ3n) is 6.21. The summed E-state index contributed by atoms with van der Waals surface area (Å²) >= 11 is 1.52. The predicted molar refractivity (Wildman–Crippen MR) is 132 cm³/mol. The molecule has 1 aliphatic heterocycles. The summed E-state index contributed by atoms with van der Waals surface area (Å²) in [5.41, 5.74) is 7.28. The van der Waals surface area contributed by atoms with E-state index in [1.165, 1.54) is 39.2 Å². The van der Waals surface area contributed by atoms with Crippen molar-refractivity contribution in [2.45, 2.75) is 40.8 Å². The minimum Gasteiger partial charge on any atom is -0.489 e. The van der Waals surface area contributed by atoms with E-state index in [2.05, 4.69) is 69.0 Å². The summed E-state index contributed by atoms with van der Waals surface area (Å²) in [4.78, 5) is 18.2. The molecule has 1 aromatic heterocycles. The monoisotopic (exact) mass is 448 g/mol. The van der Waals surface area contributed by atoms with E-state index in [-0.39, 0.29) is 5.91 Å². The van der Waals surface area contributed by atoms with Gasteiger partial charge in [0.2, 0.25) is 0 Å². The number of ether oxygens (including phenoxy) is 1. The Labute approximate surface area is 195 Å². The van der Waals surface area contributed by atoms with Crippen molar-refractivity contribution in [1.82, 2.24) is 9.80 Å². The van der Waals surface area contributed by atoms with E-state index < -0.39 is 0 Å². The Bertz CT molecular complexity index is 1080. The van der Waals surface area contributed by atoms with Gasteiger partial charge in [0.25, 0.3) is 5.91 Å². The molecule has 1 fully saturated rings. The van der Waals surface area contributed by atoms with Crippen LogP contribution in [-0.4, -0.2) is 41.9 Å². The smallest absolute Gasteiger partial charge is 0.264 e. The number of piperazine rings is 1. The number of rotatable bonds is 6. The standard InChI is InChI=1S/C27H32N2O2S/c1-19-5-7-23(8-6-19)16-28-9-11-29(12-10-28)27(30)26-15-24(18-32-26)17-31-25-14-20(2)13-21(3)22(25)4/h5-8,13-15,18H,9-12,16-17H2,1-4H3. The third-order valence-corrected chi connectivity index (χ3v) is 7.18. The number of nitrogens with zero attached hydrogens (tertiary/aromatic N) is 2. The number of hydrogen-bond acceptors (Lipinski definition) is 4. The van der Waals surface area contributed by atoms with Crippen molar-refractivity contribution in [2.75, 3.05) is 26.2 Å². The molecule has 0 aliphatic carbocycles. The normalized spacial score (nSPS) is 14.6. The summed E-state index contributed by atoms with van der Waals surface area (Å²) in [5, 5.41) is 2.04. The average molecular weight is 449 g/mol. The Balaban J connectivity index is 1.30. The lowest BCUT2D eigenvalue weighted by atomic mass is 10.1. The molecule has 0 radical (unpaired) electrons. The Hall–Kier alpha value is -2.63. The Morgan fingerprint density at radius 1 is 0.906 bits per heavy atom. The maximum absolute atomic E-state index is 13.0. The molecule has 5 heteroatoms. The summed E-state index contributed by atoms with van der Waals surface area (Å²) in [5.74, 6) is 1.06. The topological polar surface area (TPSA) is 32.8 Å². The first-order valence-corrected chi connectivity index (χ1v) is 12.1. The van der Waals surface area contributed by atoms with E-state index in [1.807, 2.05) is 16.3 Å². The Morgan fingerprint density at radius 2 is 1.62 bits per heavy atom. The van der Waals surface area contributed by atoms with Crippen LogP contribution in [0.1, 0.15) is 43.1 Å². The molecule has 0 saturated carbocycles. The van der Waals surface area contributed by atoms with Gasteiger partial charge in [-0.15, -0.1) is 11.3 Å². The molecule has 0 unspecified atom stereocenters. The van der Waals surface area contributed by atoms with Gasteiger partial charge in [-0.25, -0.2) is 0 Å². The van der Waals surface area contributed by atoms with Gasteiger partial charge in [-0.3, -0.25) is 9.69 Å². The fourth-order valence-corrected chi connectivity index (χ4v) is 4.96. The number of benzene rings is 2.